The molecule has 20 heavy (non-hydrogen) atoms. The van der Waals surface area contributed by atoms with Gasteiger partial charge in [-0.05, 0) is 30.2 Å². The van der Waals surface area contributed by atoms with E-state index in [2.05, 4.69) is 17.0 Å². The summed E-state index contributed by atoms with van der Waals surface area (Å²) in [5.74, 6) is 1.04. The molecule has 0 saturated carbocycles. The van der Waals surface area contributed by atoms with Crippen LogP contribution in [0.5, 0.6) is 0 Å². The molecule has 0 radical (unpaired) electrons. The third-order valence-electron chi connectivity index (χ3n) is 2.95. The number of rotatable bonds is 7. The fraction of sp³-hybridized carbons (Fsp3) is 0.429. The van der Waals surface area contributed by atoms with E-state index in [1.807, 2.05) is 12.1 Å². The van der Waals surface area contributed by atoms with E-state index >= 15 is 0 Å². The molecule has 1 aromatic carbocycles. The molecule has 3 nitrogen and oxygen atoms in total. The first-order valence-electron chi connectivity index (χ1n) is 6.64. The van der Waals surface area contributed by atoms with Crippen molar-refractivity contribution < 1.29 is 0 Å². The zero-order valence-electron chi connectivity index (χ0n) is 11.4. The lowest BCUT2D eigenvalue weighted by molar-refractivity contribution is 0.613. The Morgan fingerprint density at radius 2 is 2.15 bits per heavy atom. The summed E-state index contributed by atoms with van der Waals surface area (Å²) in [6.45, 7) is 2.94. The van der Waals surface area contributed by atoms with Gasteiger partial charge in [-0.3, -0.25) is 4.68 Å². The predicted molar refractivity (Wildman–Crippen MR) is 85.8 cm³/mol. The van der Waals surface area contributed by atoms with Gasteiger partial charge in [0.25, 0.3) is 0 Å². The molecule has 0 spiro atoms. The fourth-order valence-electron chi connectivity index (χ4n) is 1.80. The molecule has 1 heterocycles. The number of nitrogens with zero attached hydrogens (tertiary/aromatic N) is 3. The number of benzene rings is 1. The van der Waals surface area contributed by atoms with Crippen molar-refractivity contribution in [3.8, 4) is 0 Å². The van der Waals surface area contributed by atoms with Gasteiger partial charge in [-0.25, -0.2) is 4.98 Å². The highest BCUT2D eigenvalue weighted by molar-refractivity contribution is 7.99. The van der Waals surface area contributed by atoms with Crippen LogP contribution < -0.4 is 0 Å². The van der Waals surface area contributed by atoms with Crippen LogP contribution in [0.4, 0.5) is 0 Å². The number of thioether (sulfide) groups is 1. The SMILES string of the molecule is CCCCSc1c(Cl)ccc(CCn2cncn2)c1Cl. The first-order chi connectivity index (χ1) is 9.72. The molecule has 0 N–H and O–H groups in total. The lowest BCUT2D eigenvalue weighted by Crippen LogP contribution is -2.02. The summed E-state index contributed by atoms with van der Waals surface area (Å²) in [7, 11) is 0. The zero-order chi connectivity index (χ0) is 14.4. The molecule has 0 fully saturated rings. The lowest BCUT2D eigenvalue weighted by atomic mass is 10.1. The molecule has 2 rings (SSSR count). The van der Waals surface area contributed by atoms with Gasteiger partial charge in [-0.15, -0.1) is 11.8 Å². The van der Waals surface area contributed by atoms with Crippen molar-refractivity contribution in [1.82, 2.24) is 14.8 Å². The minimum absolute atomic E-state index is 0.737. The molecule has 0 bridgehead atoms. The summed E-state index contributed by atoms with van der Waals surface area (Å²) in [5, 5.41) is 5.61. The monoisotopic (exact) mass is 329 g/mol. The van der Waals surface area contributed by atoms with Gasteiger partial charge in [0.15, 0.2) is 0 Å². The highest BCUT2D eigenvalue weighted by Gasteiger charge is 2.11. The largest absolute Gasteiger partial charge is 0.253 e. The van der Waals surface area contributed by atoms with E-state index in [0.717, 1.165) is 39.2 Å². The van der Waals surface area contributed by atoms with Gasteiger partial charge in [-0.1, -0.05) is 42.6 Å². The smallest absolute Gasteiger partial charge is 0.137 e. The van der Waals surface area contributed by atoms with Crippen molar-refractivity contribution >= 4 is 35.0 Å². The standard InChI is InChI=1S/C14H17Cl2N3S/c1-2-3-8-20-14-12(15)5-4-11(13(14)16)6-7-19-10-17-9-18-19/h4-5,9-10H,2-3,6-8H2,1H3. The summed E-state index contributed by atoms with van der Waals surface area (Å²) in [4.78, 5) is 4.93. The first-order valence-corrected chi connectivity index (χ1v) is 8.38. The normalized spacial score (nSPS) is 10.9. The van der Waals surface area contributed by atoms with Crippen LogP contribution in [-0.2, 0) is 13.0 Å². The van der Waals surface area contributed by atoms with E-state index in [1.54, 1.807) is 22.8 Å². The number of aryl methyl sites for hydroxylation is 2. The quantitative estimate of drug-likeness (QED) is 0.544. The van der Waals surface area contributed by atoms with Crippen molar-refractivity contribution in [2.24, 2.45) is 0 Å². The molecule has 1 aromatic heterocycles. The maximum atomic E-state index is 6.48. The van der Waals surface area contributed by atoms with Crippen LogP contribution in [0, 0.1) is 0 Å². The van der Waals surface area contributed by atoms with E-state index in [4.69, 9.17) is 23.2 Å². The van der Waals surface area contributed by atoms with Crippen molar-refractivity contribution in [3.05, 3.63) is 40.4 Å². The van der Waals surface area contributed by atoms with Crippen LogP contribution in [-0.4, -0.2) is 20.5 Å². The van der Waals surface area contributed by atoms with Gasteiger partial charge in [0.2, 0.25) is 0 Å². The lowest BCUT2D eigenvalue weighted by Gasteiger charge is -2.11. The highest BCUT2D eigenvalue weighted by Crippen LogP contribution is 2.37. The Hall–Kier alpha value is -0.710. The number of unbranched alkanes of at least 4 members (excludes halogenated alkanes) is 1. The molecule has 0 saturated heterocycles. The van der Waals surface area contributed by atoms with Gasteiger partial charge in [0, 0.05) is 11.4 Å². The number of hydrogen-bond donors (Lipinski definition) is 0. The second kappa shape index (κ2) is 7.91. The molecule has 0 aliphatic carbocycles. The summed E-state index contributed by atoms with van der Waals surface area (Å²) in [5.41, 5.74) is 1.10. The molecule has 108 valence electrons. The molecule has 0 aliphatic heterocycles. The Balaban J connectivity index is 2.07. The second-order valence-corrected chi connectivity index (χ2v) is 6.35. The Kier molecular flexibility index (Phi) is 6.20. The van der Waals surface area contributed by atoms with E-state index in [0.29, 0.717) is 0 Å². The predicted octanol–water partition coefficient (Wildman–Crippen LogP) is 4.72. The Labute approximate surface area is 133 Å². The van der Waals surface area contributed by atoms with Crippen LogP contribution in [0.3, 0.4) is 0 Å². The van der Waals surface area contributed by atoms with Crippen LogP contribution in [0.1, 0.15) is 25.3 Å². The summed E-state index contributed by atoms with van der Waals surface area (Å²) in [6, 6.07) is 3.92. The topological polar surface area (TPSA) is 30.7 Å². The highest BCUT2D eigenvalue weighted by atomic mass is 35.5. The summed E-state index contributed by atoms with van der Waals surface area (Å²) in [6.07, 6.45) is 6.41. The maximum Gasteiger partial charge on any atom is 0.137 e. The third kappa shape index (κ3) is 4.14. The minimum atomic E-state index is 0.737. The minimum Gasteiger partial charge on any atom is -0.253 e. The van der Waals surface area contributed by atoms with E-state index < -0.39 is 0 Å². The van der Waals surface area contributed by atoms with Gasteiger partial charge in [0.05, 0.1) is 10.0 Å². The second-order valence-electron chi connectivity index (χ2n) is 4.46. The van der Waals surface area contributed by atoms with Crippen molar-refractivity contribution in [3.63, 3.8) is 0 Å². The van der Waals surface area contributed by atoms with Crippen molar-refractivity contribution in [1.29, 1.82) is 0 Å². The first kappa shape index (κ1) is 15.7. The van der Waals surface area contributed by atoms with Crippen molar-refractivity contribution in [2.75, 3.05) is 5.75 Å². The van der Waals surface area contributed by atoms with Crippen LogP contribution >= 0.6 is 35.0 Å². The Morgan fingerprint density at radius 3 is 2.85 bits per heavy atom. The average Bonchev–Trinajstić information content (AvgIpc) is 2.95. The van der Waals surface area contributed by atoms with Crippen molar-refractivity contribution in [2.45, 2.75) is 37.6 Å². The number of hydrogen-bond acceptors (Lipinski definition) is 3. The molecular formula is C14H17Cl2N3S. The fourth-order valence-corrected chi connectivity index (χ4v) is 3.69. The van der Waals surface area contributed by atoms with Gasteiger partial charge in [0.1, 0.15) is 12.7 Å². The zero-order valence-corrected chi connectivity index (χ0v) is 13.7. The number of aromatic nitrogens is 3. The molecule has 2 aromatic rings. The van der Waals surface area contributed by atoms with Gasteiger partial charge >= 0.3 is 0 Å². The van der Waals surface area contributed by atoms with E-state index in [-0.39, 0.29) is 0 Å². The summed E-state index contributed by atoms with van der Waals surface area (Å²) < 4.78 is 1.80. The molecule has 6 heteroatoms. The Bertz CT molecular complexity index is 544. The van der Waals surface area contributed by atoms with Crippen LogP contribution in [0.2, 0.25) is 10.0 Å². The Morgan fingerprint density at radius 1 is 1.30 bits per heavy atom. The van der Waals surface area contributed by atoms with Crippen LogP contribution in [0.25, 0.3) is 0 Å². The van der Waals surface area contributed by atoms with Gasteiger partial charge in [-0.2, -0.15) is 5.10 Å². The molecule has 0 amide bonds. The number of halogens is 2. The molecular weight excluding hydrogens is 313 g/mol. The summed E-state index contributed by atoms with van der Waals surface area (Å²) >= 11 is 14.5. The third-order valence-corrected chi connectivity index (χ3v) is 5.13. The average molecular weight is 330 g/mol. The van der Waals surface area contributed by atoms with E-state index in [9.17, 15) is 0 Å². The molecule has 0 atom stereocenters. The molecule has 0 unspecified atom stereocenters. The maximum absolute atomic E-state index is 6.48. The van der Waals surface area contributed by atoms with Crippen LogP contribution in [0.15, 0.2) is 29.7 Å². The van der Waals surface area contributed by atoms with E-state index in [1.165, 1.54) is 19.2 Å². The molecule has 0 aliphatic rings. The van der Waals surface area contributed by atoms with Gasteiger partial charge < -0.3 is 0 Å².